The summed E-state index contributed by atoms with van der Waals surface area (Å²) >= 11 is 0. The van der Waals surface area contributed by atoms with Crippen LogP contribution in [0.15, 0.2) is 54.6 Å². The zero-order valence-corrected chi connectivity index (χ0v) is 16.7. The van der Waals surface area contributed by atoms with E-state index >= 15 is 0 Å². The van der Waals surface area contributed by atoms with E-state index in [0.29, 0.717) is 6.42 Å². The number of anilines is 1. The van der Waals surface area contributed by atoms with Gasteiger partial charge in [-0.2, -0.15) is 0 Å². The molecule has 2 aliphatic rings. The van der Waals surface area contributed by atoms with Gasteiger partial charge in [0.15, 0.2) is 0 Å². The molecule has 1 N–H and O–H groups in total. The standard InChI is InChI=1S/C24H28N2O2/c1-3-23(13-14-23)17-25-21(27)16-24(15-18-9-5-4-6-10-18)19-11-7-8-12-20(19)26(2)22(24)28/h4-12H,3,13-17H2,1-2H3,(H,25,27)/t24-/m0/s1. The second-order valence-electron chi connectivity index (χ2n) is 8.43. The molecule has 1 fully saturated rings. The first kappa shape index (κ1) is 18.7. The Morgan fingerprint density at radius 3 is 2.43 bits per heavy atom. The topological polar surface area (TPSA) is 49.4 Å². The number of rotatable bonds is 7. The molecule has 4 heteroatoms. The van der Waals surface area contributed by atoms with Crippen LogP contribution in [0, 0.1) is 5.41 Å². The number of nitrogens with zero attached hydrogens (tertiary/aromatic N) is 1. The molecule has 1 saturated carbocycles. The van der Waals surface area contributed by atoms with Crippen LogP contribution in [0.1, 0.15) is 43.7 Å². The molecule has 0 unspecified atom stereocenters. The lowest BCUT2D eigenvalue weighted by atomic mass is 9.73. The first-order valence-electron chi connectivity index (χ1n) is 10.2. The number of nitrogens with one attached hydrogen (secondary N) is 1. The molecule has 0 radical (unpaired) electrons. The highest BCUT2D eigenvalue weighted by molar-refractivity contribution is 6.09. The Bertz CT molecular complexity index is 888. The number of fused-ring (bicyclic) bond motifs is 1. The number of amides is 2. The quantitative estimate of drug-likeness (QED) is 0.798. The maximum absolute atomic E-state index is 13.4. The summed E-state index contributed by atoms with van der Waals surface area (Å²) in [6, 6.07) is 17.9. The van der Waals surface area contributed by atoms with Gasteiger partial charge in [-0.1, -0.05) is 55.5 Å². The Kier molecular flexibility index (Phi) is 4.74. The third-order valence-corrected chi connectivity index (χ3v) is 6.67. The van der Waals surface area contributed by atoms with Crippen molar-refractivity contribution in [2.75, 3.05) is 18.5 Å². The van der Waals surface area contributed by atoms with Gasteiger partial charge in [0.25, 0.3) is 0 Å². The average molecular weight is 377 g/mol. The third kappa shape index (κ3) is 3.21. The number of carbonyl (C=O) groups excluding carboxylic acids is 2. The molecule has 1 atom stereocenters. The van der Waals surface area contributed by atoms with E-state index < -0.39 is 5.41 Å². The average Bonchev–Trinajstić information content (AvgIpc) is 3.48. The monoisotopic (exact) mass is 376 g/mol. The summed E-state index contributed by atoms with van der Waals surface area (Å²) in [5.41, 5.74) is 2.37. The lowest BCUT2D eigenvalue weighted by Gasteiger charge is -2.28. The fourth-order valence-electron chi connectivity index (χ4n) is 4.52. The maximum atomic E-state index is 13.4. The number of likely N-dealkylation sites (N-methyl/N-ethyl adjacent to an activating group) is 1. The second kappa shape index (κ2) is 7.08. The number of carbonyl (C=O) groups is 2. The Labute approximate surface area is 166 Å². The molecule has 1 aliphatic heterocycles. The minimum Gasteiger partial charge on any atom is -0.356 e. The Balaban J connectivity index is 1.65. The Morgan fingerprint density at radius 2 is 1.75 bits per heavy atom. The largest absolute Gasteiger partial charge is 0.356 e. The first-order chi connectivity index (χ1) is 13.5. The summed E-state index contributed by atoms with van der Waals surface area (Å²) in [6.07, 6.45) is 4.17. The molecular formula is C24H28N2O2. The minimum absolute atomic E-state index is 0.00401. The van der Waals surface area contributed by atoms with Crippen molar-refractivity contribution in [3.8, 4) is 0 Å². The Hall–Kier alpha value is -2.62. The highest BCUT2D eigenvalue weighted by Gasteiger charge is 2.51. The van der Waals surface area contributed by atoms with Crippen LogP contribution in [0.4, 0.5) is 5.69 Å². The SMILES string of the molecule is CCC1(CNC(=O)C[C@]2(Cc3ccccc3)C(=O)N(C)c3ccccc32)CC1. The number of hydrogen-bond donors (Lipinski definition) is 1. The molecule has 28 heavy (non-hydrogen) atoms. The molecule has 146 valence electrons. The Morgan fingerprint density at radius 1 is 1.07 bits per heavy atom. The van der Waals surface area contributed by atoms with Crippen LogP contribution in [0.25, 0.3) is 0 Å². The molecule has 0 aromatic heterocycles. The summed E-state index contributed by atoms with van der Waals surface area (Å²) < 4.78 is 0. The van der Waals surface area contributed by atoms with Crippen LogP contribution in [0.2, 0.25) is 0 Å². The molecule has 0 bridgehead atoms. The van der Waals surface area contributed by atoms with Crippen LogP contribution < -0.4 is 10.2 Å². The fourth-order valence-corrected chi connectivity index (χ4v) is 4.52. The van der Waals surface area contributed by atoms with Crippen LogP contribution in [0.5, 0.6) is 0 Å². The van der Waals surface area contributed by atoms with E-state index in [9.17, 15) is 9.59 Å². The number of benzene rings is 2. The molecule has 2 aromatic carbocycles. The van der Waals surface area contributed by atoms with Crippen molar-refractivity contribution in [1.82, 2.24) is 5.32 Å². The zero-order valence-electron chi connectivity index (χ0n) is 16.7. The number of para-hydroxylation sites is 1. The molecule has 1 heterocycles. The van der Waals surface area contributed by atoms with E-state index in [1.165, 1.54) is 12.8 Å². The van der Waals surface area contributed by atoms with Crippen molar-refractivity contribution in [3.63, 3.8) is 0 Å². The molecule has 2 aromatic rings. The molecule has 0 saturated heterocycles. The van der Waals surface area contributed by atoms with Gasteiger partial charge in [-0.05, 0) is 48.3 Å². The van der Waals surface area contributed by atoms with Crippen molar-refractivity contribution in [1.29, 1.82) is 0 Å². The van der Waals surface area contributed by atoms with Crippen molar-refractivity contribution < 1.29 is 9.59 Å². The summed E-state index contributed by atoms with van der Waals surface area (Å²) in [6.45, 7) is 2.90. The van der Waals surface area contributed by atoms with Gasteiger partial charge in [0.2, 0.25) is 11.8 Å². The van der Waals surface area contributed by atoms with E-state index in [0.717, 1.165) is 29.8 Å². The summed E-state index contributed by atoms with van der Waals surface area (Å²) in [7, 11) is 1.81. The van der Waals surface area contributed by atoms with Crippen LogP contribution >= 0.6 is 0 Å². The van der Waals surface area contributed by atoms with Crippen molar-refractivity contribution in [2.45, 2.75) is 44.4 Å². The van der Waals surface area contributed by atoms with Gasteiger partial charge < -0.3 is 10.2 Å². The van der Waals surface area contributed by atoms with Gasteiger partial charge in [-0.15, -0.1) is 0 Å². The van der Waals surface area contributed by atoms with Gasteiger partial charge in [0, 0.05) is 25.7 Å². The van der Waals surface area contributed by atoms with E-state index in [-0.39, 0.29) is 23.7 Å². The highest BCUT2D eigenvalue weighted by atomic mass is 16.2. The fraction of sp³-hybridized carbons (Fsp3) is 0.417. The van der Waals surface area contributed by atoms with Gasteiger partial charge >= 0.3 is 0 Å². The predicted octanol–water partition coefficient (Wildman–Crippen LogP) is 3.84. The van der Waals surface area contributed by atoms with Gasteiger partial charge in [0.05, 0.1) is 5.41 Å². The van der Waals surface area contributed by atoms with Crippen molar-refractivity contribution in [2.24, 2.45) is 5.41 Å². The number of hydrogen-bond acceptors (Lipinski definition) is 2. The maximum Gasteiger partial charge on any atom is 0.238 e. The molecule has 4 rings (SSSR count). The summed E-state index contributed by atoms with van der Waals surface area (Å²) in [5, 5.41) is 3.13. The highest BCUT2D eigenvalue weighted by Crippen LogP contribution is 2.48. The van der Waals surface area contributed by atoms with Crippen LogP contribution in [0.3, 0.4) is 0 Å². The van der Waals surface area contributed by atoms with Crippen molar-refractivity contribution >= 4 is 17.5 Å². The minimum atomic E-state index is -0.848. The van der Waals surface area contributed by atoms with E-state index in [1.54, 1.807) is 4.90 Å². The van der Waals surface area contributed by atoms with Crippen LogP contribution in [-0.2, 0) is 21.4 Å². The second-order valence-corrected chi connectivity index (χ2v) is 8.43. The summed E-state index contributed by atoms with van der Waals surface area (Å²) in [5.74, 6) is -0.0292. The lowest BCUT2D eigenvalue weighted by molar-refractivity contribution is -0.129. The van der Waals surface area contributed by atoms with Crippen LogP contribution in [-0.4, -0.2) is 25.4 Å². The smallest absolute Gasteiger partial charge is 0.238 e. The molecular weight excluding hydrogens is 348 g/mol. The van der Waals surface area contributed by atoms with Gasteiger partial charge in [-0.3, -0.25) is 9.59 Å². The molecule has 2 amide bonds. The molecule has 0 spiro atoms. The third-order valence-electron chi connectivity index (χ3n) is 6.67. The molecule has 1 aliphatic carbocycles. The predicted molar refractivity (Wildman–Crippen MR) is 111 cm³/mol. The van der Waals surface area contributed by atoms with E-state index in [1.807, 2.05) is 61.6 Å². The summed E-state index contributed by atoms with van der Waals surface area (Å²) in [4.78, 5) is 28.1. The first-order valence-corrected chi connectivity index (χ1v) is 10.2. The molecule has 4 nitrogen and oxygen atoms in total. The van der Waals surface area contributed by atoms with Crippen molar-refractivity contribution in [3.05, 3.63) is 65.7 Å². The van der Waals surface area contributed by atoms with E-state index in [2.05, 4.69) is 12.2 Å². The normalized spacial score (nSPS) is 22.1. The lowest BCUT2D eigenvalue weighted by Crippen LogP contribution is -2.45. The van der Waals surface area contributed by atoms with Gasteiger partial charge in [0.1, 0.15) is 0 Å². The van der Waals surface area contributed by atoms with E-state index in [4.69, 9.17) is 0 Å². The van der Waals surface area contributed by atoms with Gasteiger partial charge in [-0.25, -0.2) is 0 Å². The zero-order chi connectivity index (χ0) is 19.8.